The third-order valence-corrected chi connectivity index (χ3v) is 3.07. The van der Waals surface area contributed by atoms with E-state index >= 15 is 0 Å². The average molecular weight is 228 g/mol. The van der Waals surface area contributed by atoms with E-state index < -0.39 is 5.97 Å². The van der Waals surface area contributed by atoms with Gasteiger partial charge in [0.2, 0.25) is 0 Å². The van der Waals surface area contributed by atoms with Crippen LogP contribution < -0.4 is 5.32 Å². The van der Waals surface area contributed by atoms with Crippen LogP contribution in [0.2, 0.25) is 0 Å². The molecule has 0 amide bonds. The second kappa shape index (κ2) is 6.86. The molecule has 1 fully saturated rings. The highest BCUT2D eigenvalue weighted by Gasteiger charge is 2.21. The molecule has 0 aromatic rings. The molecule has 1 aliphatic rings. The molecule has 1 atom stereocenters. The number of carbonyl (C=O) groups is 1. The Bertz CT molecular complexity index is 219. The first kappa shape index (κ1) is 13.5. The highest BCUT2D eigenvalue weighted by atomic mass is 16.4. The van der Waals surface area contributed by atoms with Gasteiger partial charge in [0.1, 0.15) is 0 Å². The van der Waals surface area contributed by atoms with Crippen LogP contribution in [0.5, 0.6) is 0 Å². The van der Waals surface area contributed by atoms with E-state index in [9.17, 15) is 4.79 Å². The first-order valence-corrected chi connectivity index (χ1v) is 6.25. The highest BCUT2D eigenvalue weighted by molar-refractivity contribution is 5.66. The minimum Gasteiger partial charge on any atom is -0.481 e. The van der Waals surface area contributed by atoms with E-state index in [0.29, 0.717) is 12.6 Å². The Balaban J connectivity index is 2.07. The predicted molar refractivity (Wildman–Crippen MR) is 64.6 cm³/mol. The molecule has 1 unspecified atom stereocenters. The maximum absolute atomic E-state index is 10.4. The minimum absolute atomic E-state index is 0.225. The fraction of sp³-hybridized carbons (Fsp3) is 0.917. The molecular formula is C12H24N2O2. The Kier molecular flexibility index (Phi) is 5.77. The van der Waals surface area contributed by atoms with Gasteiger partial charge in [0.15, 0.2) is 0 Å². The lowest BCUT2D eigenvalue weighted by Crippen LogP contribution is -2.34. The highest BCUT2D eigenvalue weighted by Crippen LogP contribution is 2.11. The van der Waals surface area contributed by atoms with Crippen molar-refractivity contribution in [1.82, 2.24) is 10.2 Å². The summed E-state index contributed by atoms with van der Waals surface area (Å²) in [5.41, 5.74) is 0. The first-order valence-electron chi connectivity index (χ1n) is 6.25. The lowest BCUT2D eigenvalue weighted by molar-refractivity contribution is -0.136. The molecule has 1 rings (SSSR count). The Labute approximate surface area is 98.0 Å². The van der Waals surface area contributed by atoms with Crippen LogP contribution in [0.25, 0.3) is 0 Å². The SMILES string of the molecule is CC(C)CCN1CCC(NCCC(=O)O)C1. The summed E-state index contributed by atoms with van der Waals surface area (Å²) in [4.78, 5) is 12.8. The largest absolute Gasteiger partial charge is 0.481 e. The Hall–Kier alpha value is -0.610. The Morgan fingerprint density at radius 2 is 2.31 bits per heavy atom. The molecule has 1 aliphatic heterocycles. The number of aliphatic carboxylic acids is 1. The normalized spacial score (nSPS) is 21.8. The smallest absolute Gasteiger partial charge is 0.304 e. The lowest BCUT2D eigenvalue weighted by Gasteiger charge is -2.17. The number of likely N-dealkylation sites (tertiary alicyclic amines) is 1. The van der Waals surface area contributed by atoms with Gasteiger partial charge in [0, 0.05) is 19.1 Å². The first-order chi connectivity index (χ1) is 7.58. The molecule has 4 nitrogen and oxygen atoms in total. The molecule has 4 heteroatoms. The van der Waals surface area contributed by atoms with E-state index in [2.05, 4.69) is 24.1 Å². The van der Waals surface area contributed by atoms with Crippen LogP contribution >= 0.6 is 0 Å². The maximum atomic E-state index is 10.4. The number of nitrogens with zero attached hydrogens (tertiary/aromatic N) is 1. The van der Waals surface area contributed by atoms with Crippen LogP contribution in [0.1, 0.15) is 33.1 Å². The van der Waals surface area contributed by atoms with Gasteiger partial charge in [-0.1, -0.05) is 13.8 Å². The lowest BCUT2D eigenvalue weighted by atomic mass is 10.1. The summed E-state index contributed by atoms with van der Waals surface area (Å²) >= 11 is 0. The number of carboxylic acids is 1. The van der Waals surface area contributed by atoms with Crippen LogP contribution in [-0.4, -0.2) is 48.2 Å². The van der Waals surface area contributed by atoms with Crippen molar-refractivity contribution >= 4 is 5.97 Å². The number of rotatable bonds is 7. The van der Waals surface area contributed by atoms with Crippen molar-refractivity contribution in [3.63, 3.8) is 0 Å². The van der Waals surface area contributed by atoms with Crippen molar-refractivity contribution in [3.05, 3.63) is 0 Å². The van der Waals surface area contributed by atoms with Crippen molar-refractivity contribution in [2.24, 2.45) is 5.92 Å². The fourth-order valence-electron chi connectivity index (χ4n) is 2.03. The summed E-state index contributed by atoms with van der Waals surface area (Å²) in [6, 6.07) is 0.492. The summed E-state index contributed by atoms with van der Waals surface area (Å²) < 4.78 is 0. The van der Waals surface area contributed by atoms with Crippen molar-refractivity contribution < 1.29 is 9.90 Å². The minimum atomic E-state index is -0.720. The van der Waals surface area contributed by atoms with Crippen LogP contribution in [-0.2, 0) is 4.79 Å². The van der Waals surface area contributed by atoms with Gasteiger partial charge in [-0.25, -0.2) is 0 Å². The maximum Gasteiger partial charge on any atom is 0.304 e. The zero-order chi connectivity index (χ0) is 12.0. The van der Waals surface area contributed by atoms with Gasteiger partial charge in [-0.05, 0) is 31.8 Å². The monoisotopic (exact) mass is 228 g/mol. The third-order valence-electron chi connectivity index (χ3n) is 3.07. The number of hydrogen-bond donors (Lipinski definition) is 2. The summed E-state index contributed by atoms with van der Waals surface area (Å²) in [7, 11) is 0. The zero-order valence-corrected chi connectivity index (χ0v) is 10.4. The van der Waals surface area contributed by atoms with E-state index in [0.717, 1.165) is 25.4 Å². The molecule has 1 saturated heterocycles. The number of hydrogen-bond acceptors (Lipinski definition) is 3. The summed E-state index contributed by atoms with van der Waals surface area (Å²) in [6.45, 7) is 8.49. The zero-order valence-electron chi connectivity index (χ0n) is 10.4. The molecule has 0 aromatic carbocycles. The van der Waals surface area contributed by atoms with Gasteiger partial charge in [-0.3, -0.25) is 4.79 Å². The molecule has 94 valence electrons. The van der Waals surface area contributed by atoms with Crippen LogP contribution in [0, 0.1) is 5.92 Å². The van der Waals surface area contributed by atoms with Gasteiger partial charge >= 0.3 is 5.97 Å². The van der Waals surface area contributed by atoms with Crippen LogP contribution in [0.3, 0.4) is 0 Å². The van der Waals surface area contributed by atoms with E-state index in [1.807, 2.05) is 0 Å². The topological polar surface area (TPSA) is 52.6 Å². The average Bonchev–Trinajstić information content (AvgIpc) is 2.62. The van der Waals surface area contributed by atoms with Crippen molar-refractivity contribution in [2.45, 2.75) is 39.2 Å². The second-order valence-corrected chi connectivity index (χ2v) is 5.07. The van der Waals surface area contributed by atoms with Gasteiger partial charge in [-0.2, -0.15) is 0 Å². The Morgan fingerprint density at radius 1 is 1.56 bits per heavy atom. The molecular weight excluding hydrogens is 204 g/mol. The van der Waals surface area contributed by atoms with Crippen LogP contribution in [0.15, 0.2) is 0 Å². The molecule has 0 bridgehead atoms. The van der Waals surface area contributed by atoms with Gasteiger partial charge in [-0.15, -0.1) is 0 Å². The molecule has 0 spiro atoms. The van der Waals surface area contributed by atoms with E-state index in [-0.39, 0.29) is 6.42 Å². The number of nitrogens with one attached hydrogen (secondary N) is 1. The molecule has 0 aromatic heterocycles. The Morgan fingerprint density at radius 3 is 2.94 bits per heavy atom. The molecule has 0 saturated carbocycles. The number of carboxylic acid groups (broad SMARTS) is 1. The van der Waals surface area contributed by atoms with Crippen molar-refractivity contribution in [3.8, 4) is 0 Å². The quantitative estimate of drug-likeness (QED) is 0.687. The van der Waals surface area contributed by atoms with Gasteiger partial charge < -0.3 is 15.3 Å². The van der Waals surface area contributed by atoms with Gasteiger partial charge in [0.05, 0.1) is 6.42 Å². The molecule has 1 heterocycles. The third kappa shape index (κ3) is 5.47. The van der Waals surface area contributed by atoms with Crippen molar-refractivity contribution in [2.75, 3.05) is 26.2 Å². The summed E-state index contributed by atoms with van der Waals surface area (Å²) in [5, 5.41) is 11.8. The van der Waals surface area contributed by atoms with Gasteiger partial charge in [0.25, 0.3) is 0 Å². The van der Waals surface area contributed by atoms with Crippen molar-refractivity contribution in [1.29, 1.82) is 0 Å². The van der Waals surface area contributed by atoms with E-state index in [4.69, 9.17) is 5.11 Å². The molecule has 0 aliphatic carbocycles. The second-order valence-electron chi connectivity index (χ2n) is 5.07. The molecule has 2 N–H and O–H groups in total. The fourth-order valence-corrected chi connectivity index (χ4v) is 2.03. The standard InChI is InChI=1S/C12H24N2O2/c1-10(2)4-7-14-8-5-11(9-14)13-6-3-12(15)16/h10-11,13H,3-9H2,1-2H3,(H,15,16). The summed E-state index contributed by atoms with van der Waals surface area (Å²) in [5.74, 6) is 0.0428. The van der Waals surface area contributed by atoms with E-state index in [1.54, 1.807) is 0 Å². The molecule has 0 radical (unpaired) electrons. The predicted octanol–water partition coefficient (Wildman–Crippen LogP) is 1.17. The summed E-state index contributed by atoms with van der Waals surface area (Å²) in [6.07, 6.45) is 2.63. The van der Waals surface area contributed by atoms with Crippen LogP contribution in [0.4, 0.5) is 0 Å². The van der Waals surface area contributed by atoms with E-state index in [1.165, 1.54) is 13.0 Å². The molecule has 16 heavy (non-hydrogen) atoms.